The minimum atomic E-state index is -0.297. The lowest BCUT2D eigenvalue weighted by Crippen LogP contribution is -2.49. The topological polar surface area (TPSA) is 91.4 Å². The van der Waals surface area contributed by atoms with Gasteiger partial charge in [-0.1, -0.05) is 0 Å². The fourth-order valence-electron chi connectivity index (χ4n) is 4.74. The van der Waals surface area contributed by atoms with Crippen molar-refractivity contribution in [1.29, 1.82) is 0 Å². The number of carbonyl (C=O) groups excluding carboxylic acids is 3. The van der Waals surface area contributed by atoms with Crippen LogP contribution in [0.25, 0.3) is 0 Å². The first-order valence-electron chi connectivity index (χ1n) is 12.7. The van der Waals surface area contributed by atoms with Gasteiger partial charge < -0.3 is 29.5 Å². The Hall–Kier alpha value is -3.75. The van der Waals surface area contributed by atoms with Gasteiger partial charge in [0.25, 0.3) is 11.8 Å². The number of fused-ring (bicyclic) bond motifs is 1. The second-order valence-electron chi connectivity index (χ2n) is 9.32. The van der Waals surface area contributed by atoms with Crippen LogP contribution in [-0.2, 0) is 4.79 Å². The van der Waals surface area contributed by atoms with Crippen LogP contribution in [0.5, 0.6) is 11.5 Å². The van der Waals surface area contributed by atoms with E-state index in [0.717, 1.165) is 18.5 Å². The number of amides is 3. The third kappa shape index (κ3) is 4.82. The number of nitrogens with zero attached hydrogens (tertiary/aromatic N) is 3. The molecule has 0 atom stereocenters. The number of rotatable bonds is 7. The Balaban J connectivity index is 1.36. The number of benzene rings is 2. The summed E-state index contributed by atoms with van der Waals surface area (Å²) in [6.07, 6.45) is 2.00. The summed E-state index contributed by atoms with van der Waals surface area (Å²) in [6.45, 7) is 7.86. The smallest absolute Gasteiger partial charge is 0.256 e. The van der Waals surface area contributed by atoms with Crippen LogP contribution < -0.4 is 19.7 Å². The zero-order valence-corrected chi connectivity index (χ0v) is 20.8. The van der Waals surface area contributed by atoms with Gasteiger partial charge in [-0.2, -0.15) is 0 Å². The first kappa shape index (κ1) is 24.0. The summed E-state index contributed by atoms with van der Waals surface area (Å²) >= 11 is 0. The molecule has 9 nitrogen and oxygen atoms in total. The maximum atomic E-state index is 13.5. The summed E-state index contributed by atoms with van der Waals surface area (Å²) in [7, 11) is 0. The summed E-state index contributed by atoms with van der Waals surface area (Å²) in [5.74, 6) is 1.25. The van der Waals surface area contributed by atoms with Gasteiger partial charge in [0.1, 0.15) is 0 Å². The molecule has 190 valence electrons. The Labute approximate surface area is 210 Å². The first-order chi connectivity index (χ1) is 17.5. The van der Waals surface area contributed by atoms with E-state index in [1.165, 1.54) is 0 Å². The van der Waals surface area contributed by atoms with Crippen LogP contribution in [0.4, 0.5) is 11.4 Å². The van der Waals surface area contributed by atoms with Gasteiger partial charge in [-0.05, 0) is 63.1 Å². The number of piperazine rings is 1. The molecule has 2 aliphatic heterocycles. The molecule has 0 radical (unpaired) electrons. The lowest BCUT2D eigenvalue weighted by Gasteiger charge is -2.37. The molecule has 3 amide bonds. The highest BCUT2D eigenvalue weighted by Crippen LogP contribution is 2.34. The number of nitrogens with one attached hydrogen (secondary N) is 1. The molecule has 3 aliphatic rings. The fraction of sp³-hybridized carbons (Fsp3) is 0.444. The van der Waals surface area contributed by atoms with Crippen molar-refractivity contribution < 1.29 is 23.9 Å². The molecule has 1 saturated carbocycles. The average Bonchev–Trinajstić information content (AvgIpc) is 3.65. The van der Waals surface area contributed by atoms with Crippen molar-refractivity contribution in [3.8, 4) is 11.5 Å². The molecule has 2 aromatic rings. The molecule has 0 spiro atoms. The Kier molecular flexibility index (Phi) is 6.71. The van der Waals surface area contributed by atoms with E-state index in [9.17, 15) is 14.4 Å². The van der Waals surface area contributed by atoms with Crippen LogP contribution in [0.15, 0.2) is 36.4 Å². The third-order valence-electron chi connectivity index (χ3n) is 7.03. The molecular formula is C27H32N4O5. The average molecular weight is 493 g/mol. The molecule has 36 heavy (non-hydrogen) atoms. The summed E-state index contributed by atoms with van der Waals surface area (Å²) in [5.41, 5.74) is 2.35. The van der Waals surface area contributed by atoms with Crippen molar-refractivity contribution in [2.24, 2.45) is 5.92 Å². The number of anilines is 2. The van der Waals surface area contributed by atoms with Crippen molar-refractivity contribution in [3.63, 3.8) is 0 Å². The number of carbonyl (C=O) groups is 3. The minimum absolute atomic E-state index is 0.0781. The number of hydrogen-bond acceptors (Lipinski definition) is 6. The molecular weight excluding hydrogens is 460 g/mol. The quantitative estimate of drug-likeness (QED) is 0.638. The van der Waals surface area contributed by atoms with Crippen LogP contribution in [0.3, 0.4) is 0 Å². The molecule has 5 rings (SSSR count). The summed E-state index contributed by atoms with van der Waals surface area (Å²) in [5, 5.41) is 2.91. The van der Waals surface area contributed by atoms with Crippen LogP contribution in [-0.4, -0.2) is 73.6 Å². The lowest BCUT2D eigenvalue weighted by molar-refractivity contribution is -0.132. The van der Waals surface area contributed by atoms with E-state index in [-0.39, 0.29) is 30.4 Å². The second-order valence-corrected chi connectivity index (χ2v) is 9.32. The highest BCUT2D eigenvalue weighted by molar-refractivity contribution is 6.06. The van der Waals surface area contributed by atoms with Crippen LogP contribution in [0.1, 0.15) is 47.4 Å². The van der Waals surface area contributed by atoms with Gasteiger partial charge in [-0.15, -0.1) is 0 Å². The molecule has 0 unspecified atom stereocenters. The van der Waals surface area contributed by atoms with Crippen LogP contribution in [0, 0.1) is 5.92 Å². The van der Waals surface area contributed by atoms with Gasteiger partial charge in [0.05, 0.1) is 5.56 Å². The van der Waals surface area contributed by atoms with Crippen molar-refractivity contribution in [3.05, 3.63) is 47.5 Å². The van der Waals surface area contributed by atoms with Crippen molar-refractivity contribution in [2.75, 3.05) is 56.3 Å². The number of hydrogen-bond donors (Lipinski definition) is 1. The molecule has 0 aromatic heterocycles. The fourth-order valence-corrected chi connectivity index (χ4v) is 4.74. The predicted octanol–water partition coefficient (Wildman–Crippen LogP) is 3.21. The molecule has 0 bridgehead atoms. The molecule has 9 heteroatoms. The van der Waals surface area contributed by atoms with E-state index in [1.807, 2.05) is 30.9 Å². The molecule has 1 aliphatic carbocycles. The van der Waals surface area contributed by atoms with E-state index < -0.39 is 0 Å². The van der Waals surface area contributed by atoms with Gasteiger partial charge in [-0.3, -0.25) is 14.4 Å². The minimum Gasteiger partial charge on any atom is -0.454 e. The zero-order chi connectivity index (χ0) is 25.2. The highest BCUT2D eigenvalue weighted by Gasteiger charge is 2.35. The normalized spacial score (nSPS) is 16.6. The second kappa shape index (κ2) is 10.1. The van der Waals surface area contributed by atoms with Crippen molar-refractivity contribution in [1.82, 2.24) is 9.80 Å². The highest BCUT2D eigenvalue weighted by atomic mass is 16.7. The van der Waals surface area contributed by atoms with E-state index in [4.69, 9.17) is 9.47 Å². The van der Waals surface area contributed by atoms with Crippen molar-refractivity contribution >= 4 is 29.1 Å². The predicted molar refractivity (Wildman–Crippen MR) is 136 cm³/mol. The first-order valence-corrected chi connectivity index (χ1v) is 12.7. The molecule has 2 aromatic carbocycles. The van der Waals surface area contributed by atoms with Crippen molar-refractivity contribution in [2.45, 2.75) is 26.7 Å². The van der Waals surface area contributed by atoms with Gasteiger partial charge in [-0.25, -0.2) is 0 Å². The largest absolute Gasteiger partial charge is 0.454 e. The Morgan fingerprint density at radius 1 is 0.944 bits per heavy atom. The Bertz CT molecular complexity index is 1170. The Morgan fingerprint density at radius 2 is 1.67 bits per heavy atom. The van der Waals surface area contributed by atoms with Gasteiger partial charge in [0.15, 0.2) is 11.5 Å². The zero-order valence-electron chi connectivity index (χ0n) is 20.8. The monoisotopic (exact) mass is 492 g/mol. The van der Waals surface area contributed by atoms with E-state index in [2.05, 4.69) is 10.2 Å². The summed E-state index contributed by atoms with van der Waals surface area (Å²) < 4.78 is 10.7. The maximum Gasteiger partial charge on any atom is 0.256 e. The third-order valence-corrected chi connectivity index (χ3v) is 7.03. The van der Waals surface area contributed by atoms with Gasteiger partial charge in [0.2, 0.25) is 12.7 Å². The standard InChI is InChI=1S/C27H32N4O5/c1-3-29(4-2)27(34)21-16-20(28-25(32)19-7-10-23-24(15-19)36-17-35-23)8-9-22(21)30-11-13-31(14-12-30)26(33)18-5-6-18/h7-10,15-16,18H,3-6,11-14,17H2,1-2H3,(H,28,32). The lowest BCUT2D eigenvalue weighted by atomic mass is 10.1. The summed E-state index contributed by atoms with van der Waals surface area (Å²) in [6, 6.07) is 10.5. The Morgan fingerprint density at radius 3 is 2.36 bits per heavy atom. The summed E-state index contributed by atoms with van der Waals surface area (Å²) in [4.78, 5) is 44.8. The molecule has 1 saturated heterocycles. The van der Waals surface area contributed by atoms with E-state index in [0.29, 0.717) is 67.6 Å². The van der Waals surface area contributed by atoms with Crippen LogP contribution >= 0.6 is 0 Å². The molecule has 2 fully saturated rings. The van der Waals surface area contributed by atoms with Gasteiger partial charge in [0, 0.05) is 62.1 Å². The molecule has 1 N–H and O–H groups in total. The van der Waals surface area contributed by atoms with Crippen LogP contribution in [0.2, 0.25) is 0 Å². The van der Waals surface area contributed by atoms with Gasteiger partial charge >= 0.3 is 0 Å². The SMILES string of the molecule is CCN(CC)C(=O)c1cc(NC(=O)c2ccc3c(c2)OCO3)ccc1N1CCN(C(=O)C2CC2)CC1. The molecule has 2 heterocycles. The van der Waals surface area contributed by atoms with E-state index in [1.54, 1.807) is 29.2 Å². The maximum absolute atomic E-state index is 13.5. The number of ether oxygens (including phenoxy) is 2. The van der Waals surface area contributed by atoms with E-state index >= 15 is 0 Å².